The van der Waals surface area contributed by atoms with Gasteiger partial charge in [0.2, 0.25) is 0 Å². The standard InChI is InChI=1S/C17H15Cl2FN2O2/c1-9(23)3-4-11-7-14(17(21)22-8-11)24-10(2)15-12(18)5-6-13(20)16(15)19/h5-10,23H,1-2H3,(H2,21,22)/t9?,10-/m1/s1. The van der Waals surface area contributed by atoms with Crippen LogP contribution in [0.5, 0.6) is 5.75 Å². The molecule has 24 heavy (non-hydrogen) atoms. The smallest absolute Gasteiger partial charge is 0.166 e. The van der Waals surface area contributed by atoms with Gasteiger partial charge in [0.25, 0.3) is 0 Å². The van der Waals surface area contributed by atoms with Gasteiger partial charge in [0.1, 0.15) is 18.0 Å². The number of anilines is 1. The van der Waals surface area contributed by atoms with Crippen LogP contribution in [0, 0.1) is 17.7 Å². The van der Waals surface area contributed by atoms with Crippen LogP contribution in [0.1, 0.15) is 31.1 Å². The zero-order chi connectivity index (χ0) is 17.9. The summed E-state index contributed by atoms with van der Waals surface area (Å²) in [6.45, 7) is 3.21. The van der Waals surface area contributed by atoms with E-state index in [1.54, 1.807) is 19.9 Å². The number of nitrogens with two attached hydrogens (primary N) is 1. The lowest BCUT2D eigenvalue weighted by Gasteiger charge is -2.18. The molecule has 7 heteroatoms. The zero-order valence-corrected chi connectivity index (χ0v) is 14.5. The Hall–Kier alpha value is -2.00. The van der Waals surface area contributed by atoms with Crippen LogP contribution in [-0.4, -0.2) is 16.2 Å². The van der Waals surface area contributed by atoms with E-state index in [-0.39, 0.29) is 21.6 Å². The molecular formula is C17H15Cl2FN2O2. The van der Waals surface area contributed by atoms with Gasteiger partial charge in [0.15, 0.2) is 11.6 Å². The highest BCUT2D eigenvalue weighted by Crippen LogP contribution is 2.35. The largest absolute Gasteiger partial charge is 0.482 e. The lowest BCUT2D eigenvalue weighted by Crippen LogP contribution is -2.08. The predicted molar refractivity (Wildman–Crippen MR) is 92.7 cm³/mol. The molecule has 2 atom stereocenters. The number of hydrogen-bond acceptors (Lipinski definition) is 4. The van der Waals surface area contributed by atoms with Crippen molar-refractivity contribution in [2.75, 3.05) is 5.73 Å². The Labute approximate surface area is 149 Å². The van der Waals surface area contributed by atoms with E-state index in [0.717, 1.165) is 0 Å². The molecule has 1 unspecified atom stereocenters. The molecule has 0 radical (unpaired) electrons. The molecule has 1 aromatic carbocycles. The molecule has 0 bridgehead atoms. The fourth-order valence-corrected chi connectivity index (χ4v) is 2.65. The highest BCUT2D eigenvalue weighted by Gasteiger charge is 2.19. The van der Waals surface area contributed by atoms with Crippen LogP contribution in [0.2, 0.25) is 10.0 Å². The molecule has 0 aliphatic rings. The minimum absolute atomic E-state index is 0.105. The maximum Gasteiger partial charge on any atom is 0.166 e. The average molecular weight is 369 g/mol. The number of benzene rings is 1. The molecule has 1 aromatic heterocycles. The van der Waals surface area contributed by atoms with Crippen molar-refractivity contribution >= 4 is 29.0 Å². The molecule has 0 spiro atoms. The fraction of sp³-hybridized carbons (Fsp3) is 0.235. The fourth-order valence-electron chi connectivity index (χ4n) is 1.97. The van der Waals surface area contributed by atoms with E-state index < -0.39 is 18.0 Å². The van der Waals surface area contributed by atoms with Crippen molar-refractivity contribution in [3.63, 3.8) is 0 Å². The third-order valence-corrected chi connectivity index (χ3v) is 3.81. The summed E-state index contributed by atoms with van der Waals surface area (Å²) in [5.41, 5.74) is 6.64. The van der Waals surface area contributed by atoms with Crippen LogP contribution in [0.15, 0.2) is 24.4 Å². The first-order chi connectivity index (χ1) is 11.3. The Morgan fingerprint density at radius 2 is 2.04 bits per heavy atom. The molecule has 0 saturated carbocycles. The van der Waals surface area contributed by atoms with Crippen molar-refractivity contribution in [2.45, 2.75) is 26.1 Å². The number of aliphatic hydroxyl groups excluding tert-OH is 1. The monoisotopic (exact) mass is 368 g/mol. The number of aliphatic hydroxyl groups is 1. The Morgan fingerprint density at radius 3 is 2.71 bits per heavy atom. The van der Waals surface area contributed by atoms with Gasteiger partial charge in [-0.25, -0.2) is 9.37 Å². The van der Waals surface area contributed by atoms with Gasteiger partial charge >= 0.3 is 0 Å². The van der Waals surface area contributed by atoms with Crippen molar-refractivity contribution in [1.82, 2.24) is 4.98 Å². The Balaban J connectivity index is 2.33. The maximum atomic E-state index is 13.7. The molecule has 2 aromatic rings. The number of ether oxygens (including phenoxy) is 1. The number of hydrogen-bond donors (Lipinski definition) is 2. The van der Waals surface area contributed by atoms with E-state index in [2.05, 4.69) is 16.8 Å². The van der Waals surface area contributed by atoms with Gasteiger partial charge in [-0.3, -0.25) is 0 Å². The average Bonchev–Trinajstić information content (AvgIpc) is 2.52. The van der Waals surface area contributed by atoms with Crippen molar-refractivity contribution < 1.29 is 14.2 Å². The summed E-state index contributed by atoms with van der Waals surface area (Å²) in [7, 11) is 0. The van der Waals surface area contributed by atoms with Crippen molar-refractivity contribution in [2.24, 2.45) is 0 Å². The molecule has 0 amide bonds. The van der Waals surface area contributed by atoms with Gasteiger partial charge in [0.05, 0.1) is 5.02 Å². The molecule has 3 N–H and O–H groups in total. The van der Waals surface area contributed by atoms with Crippen molar-refractivity contribution in [1.29, 1.82) is 0 Å². The first-order valence-corrected chi connectivity index (χ1v) is 7.80. The second-order valence-corrected chi connectivity index (χ2v) is 5.85. The summed E-state index contributed by atoms with van der Waals surface area (Å²) in [6.07, 6.45) is 0.0326. The molecule has 4 nitrogen and oxygen atoms in total. The highest BCUT2D eigenvalue weighted by atomic mass is 35.5. The number of nitrogen functional groups attached to an aromatic ring is 1. The summed E-state index contributed by atoms with van der Waals surface area (Å²) in [5.74, 6) is 5.16. The normalized spacial score (nSPS) is 12.9. The number of rotatable bonds is 3. The van der Waals surface area contributed by atoms with Crippen LogP contribution in [0.3, 0.4) is 0 Å². The first-order valence-electron chi connectivity index (χ1n) is 7.04. The van der Waals surface area contributed by atoms with Crippen molar-refractivity contribution in [3.8, 4) is 17.6 Å². The molecule has 1 heterocycles. The van der Waals surface area contributed by atoms with E-state index in [1.165, 1.54) is 18.3 Å². The molecule has 0 aliphatic heterocycles. The van der Waals surface area contributed by atoms with Gasteiger partial charge in [-0.05, 0) is 26.0 Å². The van der Waals surface area contributed by atoms with E-state index in [4.69, 9.17) is 33.7 Å². The predicted octanol–water partition coefficient (Wildman–Crippen LogP) is 3.98. The third-order valence-electron chi connectivity index (χ3n) is 3.10. The molecule has 0 saturated heterocycles. The topological polar surface area (TPSA) is 68.4 Å². The summed E-state index contributed by atoms with van der Waals surface area (Å²) in [5, 5.41) is 9.38. The number of pyridine rings is 1. The van der Waals surface area contributed by atoms with Gasteiger partial charge in [0, 0.05) is 28.4 Å². The summed E-state index contributed by atoms with van der Waals surface area (Å²) in [6, 6.07) is 4.17. The Kier molecular flexibility index (Phi) is 5.89. The van der Waals surface area contributed by atoms with Gasteiger partial charge < -0.3 is 15.6 Å². The number of nitrogens with zero attached hydrogens (tertiary/aromatic N) is 1. The van der Waals surface area contributed by atoms with E-state index in [1.807, 2.05) is 0 Å². The SMILES string of the molecule is CC(O)C#Cc1cnc(N)c(O[C@H](C)c2c(Cl)ccc(F)c2Cl)c1. The molecule has 0 fully saturated rings. The lowest BCUT2D eigenvalue weighted by atomic mass is 10.1. The van der Waals surface area contributed by atoms with Crippen LogP contribution in [0.4, 0.5) is 10.2 Å². The summed E-state index contributed by atoms with van der Waals surface area (Å²) >= 11 is 12.1. The minimum Gasteiger partial charge on any atom is -0.482 e. The quantitative estimate of drug-likeness (QED) is 0.634. The minimum atomic E-state index is -0.768. The lowest BCUT2D eigenvalue weighted by molar-refractivity contribution is 0.227. The number of aromatic nitrogens is 1. The van der Waals surface area contributed by atoms with E-state index in [0.29, 0.717) is 11.1 Å². The molecule has 0 aliphatic carbocycles. The van der Waals surface area contributed by atoms with Crippen LogP contribution < -0.4 is 10.5 Å². The van der Waals surface area contributed by atoms with Gasteiger partial charge in [-0.15, -0.1) is 0 Å². The second kappa shape index (κ2) is 7.71. The molecule has 2 rings (SSSR count). The van der Waals surface area contributed by atoms with E-state index in [9.17, 15) is 9.50 Å². The van der Waals surface area contributed by atoms with Crippen LogP contribution >= 0.6 is 23.2 Å². The van der Waals surface area contributed by atoms with Gasteiger partial charge in [-0.2, -0.15) is 0 Å². The molecule has 126 valence electrons. The summed E-state index contributed by atoms with van der Waals surface area (Å²) in [4.78, 5) is 3.99. The van der Waals surface area contributed by atoms with Crippen LogP contribution in [-0.2, 0) is 0 Å². The molecular weight excluding hydrogens is 354 g/mol. The summed E-state index contributed by atoms with van der Waals surface area (Å²) < 4.78 is 19.4. The Bertz CT molecular complexity index is 816. The van der Waals surface area contributed by atoms with E-state index >= 15 is 0 Å². The maximum absolute atomic E-state index is 13.7. The highest BCUT2D eigenvalue weighted by molar-refractivity contribution is 6.36. The third kappa shape index (κ3) is 4.30. The Morgan fingerprint density at radius 1 is 1.33 bits per heavy atom. The van der Waals surface area contributed by atoms with Gasteiger partial charge in [-0.1, -0.05) is 35.0 Å². The van der Waals surface area contributed by atoms with Crippen molar-refractivity contribution in [3.05, 3.63) is 51.4 Å². The zero-order valence-electron chi connectivity index (χ0n) is 13.0. The second-order valence-electron chi connectivity index (χ2n) is 5.07. The first kappa shape index (κ1) is 18.3. The number of halogens is 3. The van der Waals surface area contributed by atoms with Crippen LogP contribution in [0.25, 0.3) is 0 Å².